The van der Waals surface area contributed by atoms with Crippen molar-refractivity contribution in [2.75, 3.05) is 6.54 Å². The Balaban J connectivity index is 2.11. The van der Waals surface area contributed by atoms with Crippen molar-refractivity contribution in [3.8, 4) is 0 Å². The summed E-state index contributed by atoms with van der Waals surface area (Å²) >= 11 is 0. The van der Waals surface area contributed by atoms with Gasteiger partial charge >= 0.3 is 0 Å². The minimum atomic E-state index is 0.466. The van der Waals surface area contributed by atoms with Crippen molar-refractivity contribution in [3.05, 3.63) is 0 Å². The average molecular weight is 112 g/mol. The van der Waals surface area contributed by atoms with Crippen LogP contribution >= 0.6 is 0 Å². The molecule has 0 radical (unpaired) electrons. The Morgan fingerprint density at radius 1 is 1.38 bits per heavy atom. The SMILES string of the molecule is NC1CC2CNC1C2. The van der Waals surface area contributed by atoms with Crippen molar-refractivity contribution in [3.63, 3.8) is 0 Å². The molecule has 0 amide bonds. The van der Waals surface area contributed by atoms with Crippen LogP contribution in [0, 0.1) is 5.92 Å². The molecule has 1 saturated heterocycles. The standard InChI is InChI=1S/C6H12N2/c7-5-1-4-2-6(5)8-3-4/h4-6,8H,1-3,7H2. The van der Waals surface area contributed by atoms with Gasteiger partial charge in [0.15, 0.2) is 0 Å². The zero-order chi connectivity index (χ0) is 5.56. The number of hydrogen-bond donors (Lipinski definition) is 2. The molecule has 2 nitrogen and oxygen atoms in total. The van der Waals surface area contributed by atoms with Gasteiger partial charge in [-0.1, -0.05) is 0 Å². The van der Waals surface area contributed by atoms with Crippen LogP contribution in [0.3, 0.4) is 0 Å². The second-order valence-electron chi connectivity index (χ2n) is 3.02. The Bertz CT molecular complexity index is 101. The third-order valence-corrected chi connectivity index (χ3v) is 2.38. The van der Waals surface area contributed by atoms with Gasteiger partial charge in [0.05, 0.1) is 0 Å². The summed E-state index contributed by atoms with van der Waals surface area (Å²) < 4.78 is 0. The summed E-state index contributed by atoms with van der Waals surface area (Å²) in [6.45, 7) is 1.22. The molecular weight excluding hydrogens is 100 g/mol. The summed E-state index contributed by atoms with van der Waals surface area (Å²) in [6.07, 6.45) is 2.60. The second kappa shape index (κ2) is 1.45. The van der Waals surface area contributed by atoms with E-state index in [0.29, 0.717) is 12.1 Å². The van der Waals surface area contributed by atoms with Crippen LogP contribution in [0.2, 0.25) is 0 Å². The molecule has 3 N–H and O–H groups in total. The van der Waals surface area contributed by atoms with Crippen LogP contribution in [-0.4, -0.2) is 18.6 Å². The molecule has 1 heterocycles. The van der Waals surface area contributed by atoms with E-state index in [1.165, 1.54) is 19.4 Å². The smallest absolute Gasteiger partial charge is 0.0222 e. The van der Waals surface area contributed by atoms with Crippen molar-refractivity contribution in [1.82, 2.24) is 5.32 Å². The van der Waals surface area contributed by atoms with E-state index in [2.05, 4.69) is 5.32 Å². The average Bonchev–Trinajstić information content (AvgIpc) is 2.23. The van der Waals surface area contributed by atoms with E-state index < -0.39 is 0 Å². The highest BCUT2D eigenvalue weighted by Crippen LogP contribution is 2.29. The van der Waals surface area contributed by atoms with Gasteiger partial charge in [-0.05, 0) is 25.3 Å². The third kappa shape index (κ3) is 0.501. The fourth-order valence-corrected chi connectivity index (χ4v) is 1.90. The lowest BCUT2D eigenvalue weighted by Crippen LogP contribution is -2.42. The summed E-state index contributed by atoms with van der Waals surface area (Å²) in [5, 5.41) is 3.38. The highest BCUT2D eigenvalue weighted by molar-refractivity contribution is 4.97. The minimum absolute atomic E-state index is 0.466. The lowest BCUT2D eigenvalue weighted by atomic mass is 10.1. The van der Waals surface area contributed by atoms with E-state index in [-0.39, 0.29) is 0 Å². The lowest BCUT2D eigenvalue weighted by molar-refractivity contribution is 0.446. The van der Waals surface area contributed by atoms with Crippen LogP contribution in [0.1, 0.15) is 12.8 Å². The maximum absolute atomic E-state index is 5.76. The Labute approximate surface area is 49.4 Å². The quantitative estimate of drug-likeness (QED) is 0.451. The van der Waals surface area contributed by atoms with Gasteiger partial charge in [-0.15, -0.1) is 0 Å². The first kappa shape index (κ1) is 4.77. The molecule has 2 fully saturated rings. The fraction of sp³-hybridized carbons (Fsp3) is 1.00. The van der Waals surface area contributed by atoms with E-state index in [0.717, 1.165) is 5.92 Å². The van der Waals surface area contributed by atoms with Crippen molar-refractivity contribution in [2.24, 2.45) is 11.7 Å². The summed E-state index contributed by atoms with van der Waals surface area (Å²) in [5.74, 6) is 0.912. The first-order chi connectivity index (χ1) is 3.86. The van der Waals surface area contributed by atoms with Crippen molar-refractivity contribution in [1.29, 1.82) is 0 Å². The molecule has 2 heteroatoms. The largest absolute Gasteiger partial charge is 0.326 e. The highest BCUT2D eigenvalue weighted by Gasteiger charge is 2.36. The number of nitrogens with two attached hydrogens (primary N) is 1. The van der Waals surface area contributed by atoms with Gasteiger partial charge in [0.2, 0.25) is 0 Å². The predicted octanol–water partition coefficient (Wildman–Crippen LogP) is -0.305. The van der Waals surface area contributed by atoms with Crippen LogP contribution in [0.25, 0.3) is 0 Å². The summed E-state index contributed by atoms with van der Waals surface area (Å²) in [6, 6.07) is 1.13. The van der Waals surface area contributed by atoms with Crippen LogP contribution in [0.15, 0.2) is 0 Å². The Kier molecular flexibility index (Phi) is 0.866. The predicted molar refractivity (Wildman–Crippen MR) is 32.5 cm³/mol. The first-order valence-corrected chi connectivity index (χ1v) is 3.35. The number of hydrogen-bond acceptors (Lipinski definition) is 2. The highest BCUT2D eigenvalue weighted by atomic mass is 15.0. The van der Waals surface area contributed by atoms with Crippen LogP contribution in [-0.2, 0) is 0 Å². The molecule has 3 unspecified atom stereocenters. The Morgan fingerprint density at radius 2 is 2.25 bits per heavy atom. The molecule has 0 spiro atoms. The number of nitrogens with one attached hydrogen (secondary N) is 1. The van der Waals surface area contributed by atoms with Gasteiger partial charge in [0.25, 0.3) is 0 Å². The summed E-state index contributed by atoms with van der Waals surface area (Å²) in [5.41, 5.74) is 5.76. The first-order valence-electron chi connectivity index (χ1n) is 3.35. The molecule has 2 bridgehead atoms. The number of piperidine rings is 1. The topological polar surface area (TPSA) is 38.0 Å². The minimum Gasteiger partial charge on any atom is -0.326 e. The molecule has 1 aliphatic heterocycles. The zero-order valence-electron chi connectivity index (χ0n) is 4.93. The molecule has 1 saturated carbocycles. The zero-order valence-corrected chi connectivity index (χ0v) is 4.93. The summed E-state index contributed by atoms with van der Waals surface area (Å²) in [4.78, 5) is 0. The number of fused-ring (bicyclic) bond motifs is 2. The molecule has 2 rings (SSSR count). The van der Waals surface area contributed by atoms with E-state index in [9.17, 15) is 0 Å². The molecule has 3 atom stereocenters. The maximum atomic E-state index is 5.76. The normalized spacial score (nSPS) is 52.9. The molecule has 0 aromatic carbocycles. The van der Waals surface area contributed by atoms with E-state index in [1.807, 2.05) is 0 Å². The fourth-order valence-electron chi connectivity index (χ4n) is 1.90. The molecule has 1 aliphatic carbocycles. The Morgan fingerprint density at radius 3 is 2.50 bits per heavy atom. The van der Waals surface area contributed by atoms with Crippen molar-refractivity contribution in [2.45, 2.75) is 24.9 Å². The van der Waals surface area contributed by atoms with Gasteiger partial charge < -0.3 is 11.1 Å². The Hall–Kier alpha value is -0.0800. The van der Waals surface area contributed by atoms with Gasteiger partial charge in [-0.3, -0.25) is 0 Å². The molecule has 0 aromatic rings. The van der Waals surface area contributed by atoms with Gasteiger partial charge in [-0.2, -0.15) is 0 Å². The van der Waals surface area contributed by atoms with Crippen molar-refractivity contribution >= 4 is 0 Å². The van der Waals surface area contributed by atoms with Crippen LogP contribution < -0.4 is 11.1 Å². The van der Waals surface area contributed by atoms with Crippen LogP contribution in [0.4, 0.5) is 0 Å². The van der Waals surface area contributed by atoms with Gasteiger partial charge in [0, 0.05) is 12.1 Å². The molecular formula is C6H12N2. The van der Waals surface area contributed by atoms with Gasteiger partial charge in [0.1, 0.15) is 0 Å². The van der Waals surface area contributed by atoms with E-state index >= 15 is 0 Å². The third-order valence-electron chi connectivity index (χ3n) is 2.38. The van der Waals surface area contributed by atoms with E-state index in [4.69, 9.17) is 5.73 Å². The molecule has 2 aliphatic rings. The number of rotatable bonds is 0. The monoisotopic (exact) mass is 112 g/mol. The second-order valence-corrected chi connectivity index (χ2v) is 3.02. The van der Waals surface area contributed by atoms with Gasteiger partial charge in [-0.25, -0.2) is 0 Å². The lowest BCUT2D eigenvalue weighted by Gasteiger charge is -2.17. The molecule has 8 heavy (non-hydrogen) atoms. The van der Waals surface area contributed by atoms with Crippen molar-refractivity contribution < 1.29 is 0 Å². The maximum Gasteiger partial charge on any atom is 0.0222 e. The van der Waals surface area contributed by atoms with Crippen LogP contribution in [0.5, 0.6) is 0 Å². The summed E-state index contributed by atoms with van der Waals surface area (Å²) in [7, 11) is 0. The molecule has 0 aromatic heterocycles. The van der Waals surface area contributed by atoms with E-state index in [1.54, 1.807) is 0 Å². The molecule has 46 valence electrons.